The standard InChI is InChI=1S/C18H14ClF2N3O/c1-2-24-17(11-6-7-14(20)15(21)8-11)10-16(23-24)18(25)22-13-5-3-4-12(19)9-13/h3-10H,2H2,1H3,(H,22,25). The maximum atomic E-state index is 13.5. The van der Waals surface area contributed by atoms with E-state index in [2.05, 4.69) is 10.4 Å². The molecule has 2 aromatic carbocycles. The van der Waals surface area contributed by atoms with Crippen LogP contribution < -0.4 is 5.32 Å². The van der Waals surface area contributed by atoms with E-state index < -0.39 is 17.5 Å². The fourth-order valence-electron chi connectivity index (χ4n) is 2.42. The molecule has 0 saturated heterocycles. The van der Waals surface area contributed by atoms with Crippen LogP contribution in [-0.4, -0.2) is 15.7 Å². The second kappa shape index (κ2) is 7.03. The fourth-order valence-corrected chi connectivity index (χ4v) is 2.61. The predicted octanol–water partition coefficient (Wildman–Crippen LogP) is 4.75. The Hall–Kier alpha value is -2.73. The molecule has 0 unspecified atom stereocenters. The smallest absolute Gasteiger partial charge is 0.276 e. The van der Waals surface area contributed by atoms with E-state index in [1.807, 2.05) is 6.92 Å². The van der Waals surface area contributed by atoms with E-state index in [9.17, 15) is 13.6 Å². The fraction of sp³-hybridized carbons (Fsp3) is 0.111. The number of carbonyl (C=O) groups is 1. The zero-order valence-electron chi connectivity index (χ0n) is 13.3. The van der Waals surface area contributed by atoms with Gasteiger partial charge < -0.3 is 5.32 Å². The molecule has 1 aromatic heterocycles. The summed E-state index contributed by atoms with van der Waals surface area (Å²) in [6.07, 6.45) is 0. The van der Waals surface area contributed by atoms with Crippen molar-refractivity contribution in [3.8, 4) is 11.3 Å². The first-order valence-electron chi connectivity index (χ1n) is 7.58. The normalized spacial score (nSPS) is 10.7. The molecule has 1 heterocycles. The van der Waals surface area contributed by atoms with Crippen molar-refractivity contribution in [2.24, 2.45) is 0 Å². The Morgan fingerprint density at radius 3 is 2.64 bits per heavy atom. The highest BCUT2D eigenvalue weighted by atomic mass is 35.5. The largest absolute Gasteiger partial charge is 0.321 e. The highest BCUT2D eigenvalue weighted by molar-refractivity contribution is 6.30. The molecule has 0 spiro atoms. The molecule has 3 aromatic rings. The Balaban J connectivity index is 1.91. The van der Waals surface area contributed by atoms with Crippen LogP contribution in [0.3, 0.4) is 0 Å². The van der Waals surface area contributed by atoms with E-state index in [1.54, 1.807) is 28.9 Å². The Labute approximate surface area is 148 Å². The summed E-state index contributed by atoms with van der Waals surface area (Å²) in [6.45, 7) is 2.31. The summed E-state index contributed by atoms with van der Waals surface area (Å²) in [7, 11) is 0. The molecule has 0 aliphatic heterocycles. The molecule has 1 N–H and O–H groups in total. The van der Waals surface area contributed by atoms with Crippen molar-refractivity contribution in [2.45, 2.75) is 13.5 Å². The quantitative estimate of drug-likeness (QED) is 0.728. The highest BCUT2D eigenvalue weighted by Crippen LogP contribution is 2.23. The van der Waals surface area contributed by atoms with Crippen LogP contribution in [0, 0.1) is 11.6 Å². The number of nitrogens with one attached hydrogen (secondary N) is 1. The second-order valence-electron chi connectivity index (χ2n) is 5.32. The summed E-state index contributed by atoms with van der Waals surface area (Å²) in [4.78, 5) is 12.4. The number of amides is 1. The minimum absolute atomic E-state index is 0.168. The summed E-state index contributed by atoms with van der Waals surface area (Å²) < 4.78 is 28.2. The van der Waals surface area contributed by atoms with Gasteiger partial charge in [0.15, 0.2) is 17.3 Å². The van der Waals surface area contributed by atoms with Crippen molar-refractivity contribution in [1.82, 2.24) is 9.78 Å². The average Bonchev–Trinajstić information content (AvgIpc) is 3.02. The van der Waals surface area contributed by atoms with E-state index in [-0.39, 0.29) is 5.69 Å². The molecule has 0 fully saturated rings. The van der Waals surface area contributed by atoms with Crippen LogP contribution >= 0.6 is 11.6 Å². The number of nitrogens with zero attached hydrogens (tertiary/aromatic N) is 2. The molecular formula is C18H14ClF2N3O. The van der Waals surface area contributed by atoms with Crippen LogP contribution in [0.1, 0.15) is 17.4 Å². The van der Waals surface area contributed by atoms with Crippen LogP contribution in [0.15, 0.2) is 48.5 Å². The lowest BCUT2D eigenvalue weighted by Crippen LogP contribution is -2.13. The lowest BCUT2D eigenvalue weighted by molar-refractivity contribution is 0.102. The topological polar surface area (TPSA) is 46.9 Å². The summed E-state index contributed by atoms with van der Waals surface area (Å²) >= 11 is 5.90. The molecule has 7 heteroatoms. The van der Waals surface area contributed by atoms with Gasteiger partial charge in [-0.3, -0.25) is 9.48 Å². The molecule has 0 saturated carbocycles. The van der Waals surface area contributed by atoms with E-state index >= 15 is 0 Å². The molecule has 25 heavy (non-hydrogen) atoms. The number of aryl methyl sites for hydroxylation is 1. The van der Waals surface area contributed by atoms with Crippen LogP contribution in [0.5, 0.6) is 0 Å². The molecule has 0 radical (unpaired) electrons. The molecule has 128 valence electrons. The molecule has 0 aliphatic rings. The summed E-state index contributed by atoms with van der Waals surface area (Å²) in [6, 6.07) is 11.8. The zero-order valence-corrected chi connectivity index (χ0v) is 14.0. The number of rotatable bonds is 4. The number of benzene rings is 2. The van der Waals surface area contributed by atoms with Gasteiger partial charge in [-0.15, -0.1) is 0 Å². The first-order chi connectivity index (χ1) is 12.0. The van der Waals surface area contributed by atoms with Gasteiger partial charge in [-0.05, 0) is 49.4 Å². The van der Waals surface area contributed by atoms with Gasteiger partial charge in [-0.2, -0.15) is 5.10 Å². The van der Waals surface area contributed by atoms with Gasteiger partial charge in [0.2, 0.25) is 0 Å². The number of anilines is 1. The van der Waals surface area contributed by atoms with Gasteiger partial charge in [0.1, 0.15) is 0 Å². The van der Waals surface area contributed by atoms with Crippen molar-refractivity contribution in [3.05, 3.63) is 70.9 Å². The van der Waals surface area contributed by atoms with Gasteiger partial charge in [0.25, 0.3) is 5.91 Å². The lowest BCUT2D eigenvalue weighted by atomic mass is 10.1. The maximum absolute atomic E-state index is 13.5. The van der Waals surface area contributed by atoms with Crippen LogP contribution in [0.4, 0.5) is 14.5 Å². The molecule has 3 rings (SSSR count). The number of aromatic nitrogens is 2. The van der Waals surface area contributed by atoms with Crippen LogP contribution in [0.2, 0.25) is 5.02 Å². The summed E-state index contributed by atoms with van der Waals surface area (Å²) in [5.41, 5.74) is 1.67. The minimum Gasteiger partial charge on any atom is -0.321 e. The Morgan fingerprint density at radius 2 is 1.96 bits per heavy atom. The first-order valence-corrected chi connectivity index (χ1v) is 7.96. The number of hydrogen-bond donors (Lipinski definition) is 1. The van der Waals surface area contributed by atoms with Crippen molar-refractivity contribution in [2.75, 3.05) is 5.32 Å². The van der Waals surface area contributed by atoms with E-state index in [4.69, 9.17) is 11.6 Å². The Morgan fingerprint density at radius 1 is 1.16 bits per heavy atom. The van der Waals surface area contributed by atoms with E-state index in [1.165, 1.54) is 12.1 Å². The number of hydrogen-bond acceptors (Lipinski definition) is 2. The van der Waals surface area contributed by atoms with Crippen molar-refractivity contribution in [3.63, 3.8) is 0 Å². The predicted molar refractivity (Wildman–Crippen MR) is 92.7 cm³/mol. The van der Waals surface area contributed by atoms with Crippen LogP contribution in [-0.2, 0) is 6.54 Å². The molecule has 0 atom stereocenters. The van der Waals surface area contributed by atoms with Crippen molar-refractivity contribution < 1.29 is 13.6 Å². The van der Waals surface area contributed by atoms with Gasteiger partial charge >= 0.3 is 0 Å². The van der Waals surface area contributed by atoms with E-state index in [0.717, 1.165) is 12.1 Å². The maximum Gasteiger partial charge on any atom is 0.276 e. The second-order valence-corrected chi connectivity index (χ2v) is 5.76. The van der Waals surface area contributed by atoms with Crippen molar-refractivity contribution in [1.29, 1.82) is 0 Å². The van der Waals surface area contributed by atoms with Gasteiger partial charge in [-0.1, -0.05) is 17.7 Å². The van der Waals surface area contributed by atoms with Gasteiger partial charge in [-0.25, -0.2) is 8.78 Å². The van der Waals surface area contributed by atoms with Crippen molar-refractivity contribution >= 4 is 23.2 Å². The van der Waals surface area contributed by atoms with Crippen LogP contribution in [0.25, 0.3) is 11.3 Å². The Kier molecular flexibility index (Phi) is 4.81. The molecule has 0 bridgehead atoms. The third-order valence-corrected chi connectivity index (χ3v) is 3.85. The third kappa shape index (κ3) is 3.69. The first kappa shape index (κ1) is 17.1. The summed E-state index contributed by atoms with van der Waals surface area (Å²) in [5, 5.41) is 7.43. The number of halogens is 3. The third-order valence-electron chi connectivity index (χ3n) is 3.61. The molecule has 0 aliphatic carbocycles. The zero-order chi connectivity index (χ0) is 18.0. The minimum atomic E-state index is -0.953. The highest BCUT2D eigenvalue weighted by Gasteiger charge is 2.16. The van der Waals surface area contributed by atoms with Gasteiger partial charge in [0.05, 0.1) is 5.69 Å². The van der Waals surface area contributed by atoms with E-state index in [0.29, 0.717) is 28.5 Å². The molecule has 4 nitrogen and oxygen atoms in total. The average molecular weight is 362 g/mol. The molecular weight excluding hydrogens is 348 g/mol. The Bertz CT molecular complexity index is 940. The molecule has 1 amide bonds. The SMILES string of the molecule is CCn1nc(C(=O)Nc2cccc(Cl)c2)cc1-c1ccc(F)c(F)c1. The summed E-state index contributed by atoms with van der Waals surface area (Å²) in [5.74, 6) is -2.30. The number of carbonyl (C=O) groups excluding carboxylic acids is 1. The van der Waals surface area contributed by atoms with Gasteiger partial charge in [0, 0.05) is 22.8 Å². The lowest BCUT2D eigenvalue weighted by Gasteiger charge is -2.04. The monoisotopic (exact) mass is 361 g/mol.